The number of aryl methyl sites for hydroxylation is 1. The van der Waals surface area contributed by atoms with Gasteiger partial charge in [0.05, 0.1) is 11.2 Å². The molecule has 33 heavy (non-hydrogen) atoms. The molecule has 5 rings (SSSR count). The van der Waals surface area contributed by atoms with E-state index in [9.17, 15) is 9.18 Å². The quantitative estimate of drug-likeness (QED) is 0.389. The van der Waals surface area contributed by atoms with E-state index >= 15 is 0 Å². The number of nitrogens with one attached hydrogen (secondary N) is 3. The second-order valence-corrected chi connectivity index (χ2v) is 8.49. The number of carbonyl (C=O) groups is 1. The van der Waals surface area contributed by atoms with Gasteiger partial charge >= 0.3 is 0 Å². The van der Waals surface area contributed by atoms with Crippen molar-refractivity contribution in [2.75, 3.05) is 28.6 Å². The number of fused-ring (bicyclic) bond motifs is 1. The zero-order valence-corrected chi connectivity index (χ0v) is 18.4. The highest BCUT2D eigenvalue weighted by Crippen LogP contribution is 2.26. The lowest BCUT2D eigenvalue weighted by atomic mass is 10.0. The molecule has 0 aliphatic carbocycles. The minimum absolute atomic E-state index is 0.290. The van der Waals surface area contributed by atoms with Crippen molar-refractivity contribution in [3.63, 3.8) is 0 Å². The predicted octanol–water partition coefficient (Wildman–Crippen LogP) is 5.34. The zero-order chi connectivity index (χ0) is 22.8. The molecule has 2 aromatic carbocycles. The molecule has 7 heteroatoms. The van der Waals surface area contributed by atoms with Crippen LogP contribution in [0.1, 0.15) is 28.9 Å². The molecule has 1 aliphatic heterocycles. The van der Waals surface area contributed by atoms with Crippen molar-refractivity contribution in [1.29, 1.82) is 0 Å². The fourth-order valence-electron chi connectivity index (χ4n) is 4.39. The summed E-state index contributed by atoms with van der Waals surface area (Å²) in [5.41, 5.74) is 4.72. The number of aromatic nitrogens is 2. The van der Waals surface area contributed by atoms with Gasteiger partial charge in [0, 0.05) is 48.3 Å². The van der Waals surface area contributed by atoms with Crippen LogP contribution in [0.5, 0.6) is 0 Å². The average molecular weight is 444 g/mol. The Kier molecular flexibility index (Phi) is 5.69. The Bertz CT molecular complexity index is 1240. The fourth-order valence-corrected chi connectivity index (χ4v) is 4.39. The van der Waals surface area contributed by atoms with E-state index in [0.29, 0.717) is 28.3 Å². The number of carbonyl (C=O) groups excluding carboxylic acids is 1. The molecule has 1 fully saturated rings. The number of anilines is 3. The largest absolute Gasteiger partial charge is 0.381 e. The molecular weight excluding hydrogens is 417 g/mol. The van der Waals surface area contributed by atoms with Crippen molar-refractivity contribution < 1.29 is 9.18 Å². The molecule has 1 saturated heterocycles. The van der Waals surface area contributed by atoms with E-state index in [4.69, 9.17) is 0 Å². The maximum Gasteiger partial charge on any atom is 0.272 e. The molecule has 0 bridgehead atoms. The first-order valence-corrected chi connectivity index (χ1v) is 11.2. The summed E-state index contributed by atoms with van der Waals surface area (Å²) in [7, 11) is 0. The molecule has 6 nitrogen and oxygen atoms in total. The number of nitrogens with zero attached hydrogens (tertiary/aromatic N) is 2. The molecular formula is C26H26FN5O. The highest BCUT2D eigenvalue weighted by molar-refractivity contribution is 6.06. The average Bonchev–Trinajstić information content (AvgIpc) is 3.30. The van der Waals surface area contributed by atoms with Gasteiger partial charge in [-0.05, 0) is 67.8 Å². The smallest absolute Gasteiger partial charge is 0.272 e. The van der Waals surface area contributed by atoms with E-state index in [1.165, 1.54) is 6.07 Å². The maximum atomic E-state index is 14.1. The highest BCUT2D eigenvalue weighted by atomic mass is 19.1. The number of benzene rings is 2. The van der Waals surface area contributed by atoms with E-state index < -0.39 is 0 Å². The van der Waals surface area contributed by atoms with Crippen LogP contribution in [-0.4, -0.2) is 35.0 Å². The van der Waals surface area contributed by atoms with Crippen LogP contribution in [0.25, 0.3) is 10.9 Å². The lowest BCUT2D eigenvalue weighted by Gasteiger charge is -2.34. The van der Waals surface area contributed by atoms with Crippen molar-refractivity contribution in [3.8, 4) is 0 Å². The van der Waals surface area contributed by atoms with Gasteiger partial charge in [-0.25, -0.2) is 4.39 Å². The standard InChI is InChI=1S/C26H26FN5O/c1-17-7-8-23(27)22-15-24(31-25(17)22)26(33)30-19-4-2-6-21(14-19)32-12-9-18(10-13-32)29-20-5-3-11-28-16-20/h2-8,11,14-16,18,29,31H,9-10,12-13H2,1H3,(H,30,33). The molecule has 0 spiro atoms. The summed E-state index contributed by atoms with van der Waals surface area (Å²) in [5.74, 6) is -0.629. The van der Waals surface area contributed by atoms with Gasteiger partial charge in [0.1, 0.15) is 11.5 Å². The Balaban J connectivity index is 1.24. The van der Waals surface area contributed by atoms with Gasteiger partial charge in [-0.1, -0.05) is 12.1 Å². The molecule has 0 saturated carbocycles. The number of rotatable bonds is 5. The van der Waals surface area contributed by atoms with Crippen molar-refractivity contribution in [3.05, 3.63) is 84.1 Å². The third-order valence-electron chi connectivity index (χ3n) is 6.19. The first kappa shape index (κ1) is 21.0. The van der Waals surface area contributed by atoms with Gasteiger partial charge in [-0.3, -0.25) is 9.78 Å². The van der Waals surface area contributed by atoms with Gasteiger partial charge in [0.15, 0.2) is 0 Å². The van der Waals surface area contributed by atoms with Crippen LogP contribution in [0.3, 0.4) is 0 Å². The number of pyridine rings is 1. The summed E-state index contributed by atoms with van der Waals surface area (Å²) in [6, 6.07) is 16.9. The van der Waals surface area contributed by atoms with E-state index in [-0.39, 0.29) is 11.7 Å². The molecule has 1 amide bonds. The fraction of sp³-hybridized carbons (Fsp3) is 0.231. The summed E-state index contributed by atoms with van der Waals surface area (Å²) in [6.45, 7) is 3.74. The Morgan fingerprint density at radius 1 is 1.09 bits per heavy atom. The summed E-state index contributed by atoms with van der Waals surface area (Å²) in [4.78, 5) is 22.4. The summed E-state index contributed by atoms with van der Waals surface area (Å²) in [5, 5.41) is 6.92. The summed E-state index contributed by atoms with van der Waals surface area (Å²) in [6.07, 6.45) is 5.66. The molecule has 3 heterocycles. The molecule has 0 radical (unpaired) electrons. The monoisotopic (exact) mass is 443 g/mol. The number of halogens is 1. The second-order valence-electron chi connectivity index (χ2n) is 8.49. The number of hydrogen-bond acceptors (Lipinski definition) is 4. The normalized spacial score (nSPS) is 14.4. The maximum absolute atomic E-state index is 14.1. The Morgan fingerprint density at radius 2 is 1.91 bits per heavy atom. The van der Waals surface area contributed by atoms with E-state index in [1.807, 2.05) is 43.5 Å². The molecule has 0 atom stereocenters. The van der Waals surface area contributed by atoms with Gasteiger partial charge < -0.3 is 20.5 Å². The Labute approximate surface area is 191 Å². The molecule has 4 aromatic rings. The van der Waals surface area contributed by atoms with E-state index in [1.54, 1.807) is 18.3 Å². The molecule has 1 aliphatic rings. The van der Waals surface area contributed by atoms with Crippen LogP contribution < -0.4 is 15.5 Å². The highest BCUT2D eigenvalue weighted by Gasteiger charge is 2.20. The van der Waals surface area contributed by atoms with E-state index in [0.717, 1.165) is 42.9 Å². The van der Waals surface area contributed by atoms with Crippen molar-refractivity contribution >= 4 is 33.9 Å². The first-order chi connectivity index (χ1) is 16.1. The lowest BCUT2D eigenvalue weighted by Crippen LogP contribution is -2.39. The molecule has 2 aromatic heterocycles. The topological polar surface area (TPSA) is 73.1 Å². The van der Waals surface area contributed by atoms with Gasteiger partial charge in [-0.15, -0.1) is 0 Å². The number of amides is 1. The van der Waals surface area contributed by atoms with Crippen LogP contribution in [0.15, 0.2) is 67.0 Å². The van der Waals surface area contributed by atoms with Crippen LogP contribution in [0.2, 0.25) is 0 Å². The summed E-state index contributed by atoms with van der Waals surface area (Å²) < 4.78 is 14.1. The molecule has 0 unspecified atom stereocenters. The van der Waals surface area contributed by atoms with Crippen LogP contribution in [-0.2, 0) is 0 Å². The number of piperidine rings is 1. The predicted molar refractivity (Wildman–Crippen MR) is 130 cm³/mol. The number of hydrogen-bond donors (Lipinski definition) is 3. The van der Waals surface area contributed by atoms with Gasteiger partial charge in [-0.2, -0.15) is 0 Å². The minimum atomic E-state index is -0.339. The van der Waals surface area contributed by atoms with Crippen LogP contribution >= 0.6 is 0 Å². The first-order valence-electron chi connectivity index (χ1n) is 11.2. The number of aromatic amines is 1. The Hall–Kier alpha value is -3.87. The third kappa shape index (κ3) is 4.53. The van der Waals surface area contributed by atoms with Crippen molar-refractivity contribution in [2.24, 2.45) is 0 Å². The van der Waals surface area contributed by atoms with Crippen LogP contribution in [0, 0.1) is 12.7 Å². The van der Waals surface area contributed by atoms with Crippen molar-refractivity contribution in [2.45, 2.75) is 25.8 Å². The van der Waals surface area contributed by atoms with Gasteiger partial charge in [0.25, 0.3) is 5.91 Å². The molecule has 168 valence electrons. The van der Waals surface area contributed by atoms with Gasteiger partial charge in [0.2, 0.25) is 0 Å². The lowest BCUT2D eigenvalue weighted by molar-refractivity contribution is 0.102. The third-order valence-corrected chi connectivity index (χ3v) is 6.19. The Morgan fingerprint density at radius 3 is 2.67 bits per heavy atom. The van der Waals surface area contributed by atoms with E-state index in [2.05, 4.69) is 31.6 Å². The number of H-pyrrole nitrogens is 1. The minimum Gasteiger partial charge on any atom is -0.381 e. The molecule has 3 N–H and O–H groups in total. The summed E-state index contributed by atoms with van der Waals surface area (Å²) >= 11 is 0. The SMILES string of the molecule is Cc1ccc(F)c2cc(C(=O)Nc3cccc(N4CCC(Nc5cccnc5)CC4)c3)[nH]c12. The second kappa shape index (κ2) is 8.94. The van der Waals surface area contributed by atoms with Crippen molar-refractivity contribution in [1.82, 2.24) is 9.97 Å². The zero-order valence-electron chi connectivity index (χ0n) is 18.4. The van der Waals surface area contributed by atoms with Crippen LogP contribution in [0.4, 0.5) is 21.5 Å².